The Kier molecular flexibility index (Phi) is 2.54. The van der Waals surface area contributed by atoms with Gasteiger partial charge in [0.05, 0.1) is 5.75 Å². The van der Waals surface area contributed by atoms with Gasteiger partial charge in [0, 0.05) is 11.8 Å². The highest BCUT2D eigenvalue weighted by atomic mass is 32.2. The number of ketones is 1. The van der Waals surface area contributed by atoms with Gasteiger partial charge in [0.2, 0.25) is 0 Å². The third kappa shape index (κ3) is 1.58. The Morgan fingerprint density at radius 2 is 2.13 bits per heavy atom. The Labute approximate surface area is 92.9 Å². The first-order valence-electron chi connectivity index (χ1n) is 5.49. The van der Waals surface area contributed by atoms with Gasteiger partial charge >= 0.3 is 0 Å². The minimum absolute atomic E-state index is 0.153. The van der Waals surface area contributed by atoms with Crippen molar-refractivity contribution in [3.63, 3.8) is 0 Å². The molecule has 0 aliphatic heterocycles. The molecule has 0 radical (unpaired) electrons. The number of fused-ring (bicyclic) bond motifs is 1. The maximum atomic E-state index is 12.0. The number of hydrogen-bond donors (Lipinski definition) is 1. The Bertz CT molecular complexity index is 324. The zero-order chi connectivity index (χ0) is 11.3. The lowest BCUT2D eigenvalue weighted by molar-refractivity contribution is -0.153. The molecule has 2 rings (SSSR count). The van der Waals surface area contributed by atoms with E-state index in [0.717, 1.165) is 19.3 Å². The molecule has 15 heavy (non-hydrogen) atoms. The van der Waals surface area contributed by atoms with Crippen molar-refractivity contribution in [1.82, 2.24) is 0 Å². The second-order valence-electron chi connectivity index (χ2n) is 5.62. The van der Waals surface area contributed by atoms with E-state index in [2.05, 4.69) is 13.8 Å². The molecule has 0 aromatic rings. The van der Waals surface area contributed by atoms with Crippen LogP contribution in [0.3, 0.4) is 0 Å². The van der Waals surface area contributed by atoms with Crippen LogP contribution in [-0.2, 0) is 15.9 Å². The molecule has 2 aliphatic carbocycles. The van der Waals surface area contributed by atoms with Gasteiger partial charge in [-0.25, -0.2) is 4.21 Å². The van der Waals surface area contributed by atoms with E-state index in [4.69, 9.17) is 4.55 Å². The summed E-state index contributed by atoms with van der Waals surface area (Å²) in [5, 5.41) is 0. The van der Waals surface area contributed by atoms with E-state index in [9.17, 15) is 9.00 Å². The summed E-state index contributed by atoms with van der Waals surface area (Å²) in [4.78, 5) is 12.0. The van der Waals surface area contributed by atoms with Crippen LogP contribution in [0, 0.1) is 16.7 Å². The summed E-state index contributed by atoms with van der Waals surface area (Å²) in [7, 11) is 0. The van der Waals surface area contributed by atoms with Crippen molar-refractivity contribution < 1.29 is 13.6 Å². The minimum Gasteiger partial charge on any atom is -0.306 e. The zero-order valence-corrected chi connectivity index (χ0v) is 10.1. The van der Waals surface area contributed by atoms with Crippen LogP contribution in [0.1, 0.15) is 39.5 Å². The quantitative estimate of drug-likeness (QED) is 0.738. The van der Waals surface area contributed by atoms with Crippen LogP contribution in [0.2, 0.25) is 0 Å². The lowest BCUT2D eigenvalue weighted by Gasteiger charge is -2.58. The zero-order valence-electron chi connectivity index (χ0n) is 9.28. The van der Waals surface area contributed by atoms with Crippen molar-refractivity contribution in [3.05, 3.63) is 0 Å². The first kappa shape index (κ1) is 11.3. The van der Waals surface area contributed by atoms with Gasteiger partial charge in [-0.15, -0.1) is 0 Å². The molecule has 2 fully saturated rings. The average Bonchev–Trinajstić information content (AvgIpc) is 2.05. The van der Waals surface area contributed by atoms with Gasteiger partial charge in [0.15, 0.2) is 11.1 Å². The molecule has 2 saturated carbocycles. The summed E-state index contributed by atoms with van der Waals surface area (Å²) < 4.78 is 20.0. The van der Waals surface area contributed by atoms with Crippen LogP contribution in [0.5, 0.6) is 0 Å². The third-order valence-electron chi connectivity index (χ3n) is 4.42. The van der Waals surface area contributed by atoms with Gasteiger partial charge in [-0.2, -0.15) is 0 Å². The highest BCUT2D eigenvalue weighted by molar-refractivity contribution is 7.79. The van der Waals surface area contributed by atoms with E-state index in [-0.39, 0.29) is 17.0 Å². The van der Waals surface area contributed by atoms with Crippen molar-refractivity contribution in [2.75, 3.05) is 5.75 Å². The Balaban J connectivity index is 2.28. The lowest BCUT2D eigenvalue weighted by Crippen LogP contribution is -2.58. The van der Waals surface area contributed by atoms with Crippen LogP contribution in [0.15, 0.2) is 0 Å². The van der Waals surface area contributed by atoms with E-state index in [0.29, 0.717) is 12.3 Å². The van der Waals surface area contributed by atoms with Crippen molar-refractivity contribution in [3.8, 4) is 0 Å². The Morgan fingerprint density at radius 1 is 1.47 bits per heavy atom. The van der Waals surface area contributed by atoms with Crippen LogP contribution >= 0.6 is 0 Å². The predicted molar refractivity (Wildman–Crippen MR) is 58.8 cm³/mol. The van der Waals surface area contributed by atoms with Crippen LogP contribution < -0.4 is 0 Å². The van der Waals surface area contributed by atoms with Gasteiger partial charge in [-0.3, -0.25) is 4.79 Å². The molecular weight excluding hydrogens is 212 g/mol. The first-order valence-corrected chi connectivity index (χ1v) is 6.77. The SMILES string of the molecule is CC1(C)CCC(=O)C2(CS(=O)O)CCC12. The first-order chi connectivity index (χ1) is 6.88. The van der Waals surface area contributed by atoms with Crippen LogP contribution in [0.25, 0.3) is 0 Å². The summed E-state index contributed by atoms with van der Waals surface area (Å²) >= 11 is -1.85. The standard InChI is InChI=1S/C11H18O3S/c1-10(2)5-4-9(12)11(7-15(13)14)6-3-8(10)11/h8H,3-7H2,1-2H3,(H,13,14). The molecule has 2 aliphatic rings. The average molecular weight is 230 g/mol. The molecule has 1 N–H and O–H groups in total. The fraction of sp³-hybridized carbons (Fsp3) is 0.909. The summed E-state index contributed by atoms with van der Waals surface area (Å²) in [6.45, 7) is 4.36. The largest absolute Gasteiger partial charge is 0.306 e. The van der Waals surface area contributed by atoms with Gasteiger partial charge in [0.1, 0.15) is 5.78 Å². The van der Waals surface area contributed by atoms with E-state index in [1.54, 1.807) is 0 Å². The fourth-order valence-corrected chi connectivity index (χ4v) is 4.39. The molecule has 3 nitrogen and oxygen atoms in total. The molecule has 0 heterocycles. The third-order valence-corrected chi connectivity index (χ3v) is 5.18. The van der Waals surface area contributed by atoms with Gasteiger partial charge in [-0.05, 0) is 30.6 Å². The number of hydrogen-bond acceptors (Lipinski definition) is 2. The molecule has 0 aromatic heterocycles. The summed E-state index contributed by atoms with van der Waals surface area (Å²) in [6, 6.07) is 0. The Hall–Kier alpha value is -0.220. The maximum Gasteiger partial charge on any atom is 0.153 e. The summed E-state index contributed by atoms with van der Waals surface area (Å²) in [5.74, 6) is 0.697. The molecule has 86 valence electrons. The number of rotatable bonds is 2. The molecule has 0 bridgehead atoms. The van der Waals surface area contributed by atoms with Crippen LogP contribution in [0.4, 0.5) is 0 Å². The van der Waals surface area contributed by atoms with Crippen molar-refractivity contribution in [1.29, 1.82) is 0 Å². The highest BCUT2D eigenvalue weighted by Gasteiger charge is 2.60. The normalized spacial score (nSPS) is 40.5. The number of carbonyl (C=O) groups is 1. The molecule has 3 atom stereocenters. The fourth-order valence-electron chi connectivity index (χ4n) is 3.44. The van der Waals surface area contributed by atoms with Gasteiger partial charge in [0.25, 0.3) is 0 Å². The monoisotopic (exact) mass is 230 g/mol. The van der Waals surface area contributed by atoms with Crippen molar-refractivity contribution in [2.45, 2.75) is 39.5 Å². The van der Waals surface area contributed by atoms with Gasteiger partial charge in [-0.1, -0.05) is 13.8 Å². The van der Waals surface area contributed by atoms with Crippen molar-refractivity contribution in [2.24, 2.45) is 16.7 Å². The summed E-state index contributed by atoms with van der Waals surface area (Å²) in [5.41, 5.74) is -0.299. The second kappa shape index (κ2) is 3.39. The van der Waals surface area contributed by atoms with Gasteiger partial charge < -0.3 is 4.55 Å². The molecule has 0 saturated heterocycles. The number of Topliss-reactive ketones (excluding diaryl/α,β-unsaturated/α-hetero) is 1. The van der Waals surface area contributed by atoms with E-state index < -0.39 is 16.5 Å². The molecule has 0 amide bonds. The Morgan fingerprint density at radius 3 is 2.60 bits per heavy atom. The number of carbonyl (C=O) groups excluding carboxylic acids is 1. The van der Waals surface area contributed by atoms with E-state index >= 15 is 0 Å². The molecule has 3 unspecified atom stereocenters. The second-order valence-corrected chi connectivity index (χ2v) is 6.56. The maximum absolute atomic E-state index is 12.0. The topological polar surface area (TPSA) is 54.4 Å². The minimum atomic E-state index is -1.85. The molecule has 0 spiro atoms. The highest BCUT2D eigenvalue weighted by Crippen LogP contribution is 2.60. The molecule has 0 aromatic carbocycles. The van der Waals surface area contributed by atoms with E-state index in [1.165, 1.54) is 0 Å². The smallest absolute Gasteiger partial charge is 0.153 e. The van der Waals surface area contributed by atoms with E-state index in [1.807, 2.05) is 0 Å². The molecule has 4 heteroatoms. The lowest BCUT2D eigenvalue weighted by atomic mass is 9.46. The van der Waals surface area contributed by atoms with Crippen molar-refractivity contribution >= 4 is 16.9 Å². The predicted octanol–water partition coefficient (Wildman–Crippen LogP) is 1.99. The van der Waals surface area contributed by atoms with Crippen LogP contribution in [-0.4, -0.2) is 20.3 Å². The summed E-state index contributed by atoms with van der Waals surface area (Å²) in [6.07, 6.45) is 3.36. The molecular formula is C11H18O3S.